The molecule has 192 valence electrons. The van der Waals surface area contributed by atoms with Gasteiger partial charge in [0.1, 0.15) is 5.76 Å². The van der Waals surface area contributed by atoms with Crippen molar-refractivity contribution < 1.29 is 9.21 Å². The third-order valence-corrected chi connectivity index (χ3v) is 7.67. The number of likely N-dealkylation sites (N-methyl/N-ethyl adjacent to an activating group) is 1. The molecule has 1 amide bonds. The van der Waals surface area contributed by atoms with E-state index in [1.54, 1.807) is 6.26 Å². The molecule has 1 fully saturated rings. The lowest BCUT2D eigenvalue weighted by Crippen LogP contribution is -2.46. The van der Waals surface area contributed by atoms with Crippen molar-refractivity contribution in [3.8, 4) is 11.3 Å². The van der Waals surface area contributed by atoms with Crippen molar-refractivity contribution in [1.29, 1.82) is 0 Å². The van der Waals surface area contributed by atoms with Crippen molar-refractivity contribution >= 4 is 5.91 Å². The molecule has 1 atom stereocenters. The van der Waals surface area contributed by atoms with Crippen LogP contribution in [0, 0.1) is 12.8 Å². The highest BCUT2D eigenvalue weighted by Gasteiger charge is 2.31. The van der Waals surface area contributed by atoms with Gasteiger partial charge in [0.2, 0.25) is 0 Å². The predicted octanol–water partition coefficient (Wildman–Crippen LogP) is 5.58. The van der Waals surface area contributed by atoms with E-state index in [1.807, 2.05) is 53.0 Å². The molecule has 2 aromatic carbocycles. The molecule has 0 aliphatic carbocycles. The zero-order valence-electron chi connectivity index (χ0n) is 22.0. The number of aromatic nitrogens is 2. The van der Waals surface area contributed by atoms with Crippen LogP contribution in [0.5, 0.6) is 0 Å². The number of carbonyl (C=O) groups excluding carboxylic acids is 1. The fraction of sp³-hybridized carbons (Fsp3) is 0.355. The average molecular weight is 497 g/mol. The summed E-state index contributed by atoms with van der Waals surface area (Å²) in [6.45, 7) is 4.51. The quantitative estimate of drug-likeness (QED) is 0.319. The number of furan rings is 1. The largest absolute Gasteiger partial charge is 0.464 e. The Balaban J connectivity index is 1.28. The van der Waals surface area contributed by atoms with Gasteiger partial charge in [-0.3, -0.25) is 14.4 Å². The Bertz CT molecular complexity index is 1300. The molecule has 0 unspecified atom stereocenters. The predicted molar refractivity (Wildman–Crippen MR) is 146 cm³/mol. The number of benzene rings is 2. The Labute approximate surface area is 219 Å². The lowest BCUT2D eigenvalue weighted by molar-refractivity contribution is 0.0602. The lowest BCUT2D eigenvalue weighted by atomic mass is 9.84. The van der Waals surface area contributed by atoms with E-state index in [0.717, 1.165) is 61.5 Å². The van der Waals surface area contributed by atoms with E-state index in [4.69, 9.17) is 4.42 Å². The number of amides is 1. The second kappa shape index (κ2) is 11.2. The molecule has 6 nitrogen and oxygen atoms in total. The van der Waals surface area contributed by atoms with E-state index < -0.39 is 0 Å². The average Bonchev–Trinajstić information content (AvgIpc) is 3.57. The highest BCUT2D eigenvalue weighted by molar-refractivity contribution is 5.95. The van der Waals surface area contributed by atoms with Crippen LogP contribution in [0.25, 0.3) is 11.3 Å². The highest BCUT2D eigenvalue weighted by Crippen LogP contribution is 2.29. The Kier molecular flexibility index (Phi) is 7.56. The molecule has 0 spiro atoms. The van der Waals surface area contributed by atoms with E-state index in [-0.39, 0.29) is 5.91 Å². The molecule has 1 aliphatic rings. The first kappa shape index (κ1) is 25.0. The Hall–Kier alpha value is -3.64. The molecular weight excluding hydrogens is 460 g/mol. The summed E-state index contributed by atoms with van der Waals surface area (Å²) < 4.78 is 7.43. The number of hydrogen-bond donors (Lipinski definition) is 0. The second-order valence-electron chi connectivity index (χ2n) is 10.3. The topological polar surface area (TPSA) is 54.5 Å². The summed E-state index contributed by atoms with van der Waals surface area (Å²) in [7, 11) is 4.21. The standard InChI is InChI=1S/C31H36N4O2/c1-23-28(22-34(3)32-23)21-33(2)29(19-24-9-5-4-6-10-24)25-14-16-35(17-15-25)31(36)27-12-7-11-26(20-27)30-13-8-18-37-30/h4-13,18,20,22,25,29H,14-17,19,21H2,1-3H3/t29-/m1/s1. The van der Waals surface area contributed by atoms with Gasteiger partial charge in [0.25, 0.3) is 5.91 Å². The van der Waals surface area contributed by atoms with E-state index in [2.05, 4.69) is 60.5 Å². The molecule has 0 N–H and O–H groups in total. The normalized spacial score (nSPS) is 15.3. The van der Waals surface area contributed by atoms with Gasteiger partial charge in [0, 0.05) is 55.6 Å². The zero-order valence-corrected chi connectivity index (χ0v) is 22.0. The van der Waals surface area contributed by atoms with Gasteiger partial charge in [0.05, 0.1) is 12.0 Å². The van der Waals surface area contributed by atoms with E-state index >= 15 is 0 Å². The number of rotatable bonds is 8. The molecule has 5 rings (SSSR count). The van der Waals surface area contributed by atoms with Crippen LogP contribution in [-0.4, -0.2) is 51.7 Å². The number of carbonyl (C=O) groups is 1. The minimum absolute atomic E-state index is 0.103. The van der Waals surface area contributed by atoms with Crippen LogP contribution in [0.4, 0.5) is 0 Å². The molecule has 2 aromatic heterocycles. The third kappa shape index (κ3) is 5.86. The van der Waals surface area contributed by atoms with Crippen LogP contribution in [0.1, 0.15) is 40.0 Å². The maximum absolute atomic E-state index is 13.4. The Morgan fingerprint density at radius 1 is 1.08 bits per heavy atom. The maximum atomic E-state index is 13.4. The van der Waals surface area contributed by atoms with Gasteiger partial charge in [-0.15, -0.1) is 0 Å². The summed E-state index contributed by atoms with van der Waals surface area (Å²) in [6, 6.07) is 22.7. The zero-order chi connectivity index (χ0) is 25.8. The number of nitrogens with zero attached hydrogens (tertiary/aromatic N) is 4. The summed E-state index contributed by atoms with van der Waals surface area (Å²) in [5.74, 6) is 1.40. The molecule has 0 radical (unpaired) electrons. The minimum atomic E-state index is 0.103. The smallest absolute Gasteiger partial charge is 0.253 e. The molecular formula is C31H36N4O2. The summed E-state index contributed by atoms with van der Waals surface area (Å²) in [5.41, 5.74) is 5.37. The summed E-state index contributed by atoms with van der Waals surface area (Å²) in [6.07, 6.45) is 6.78. The molecule has 1 aliphatic heterocycles. The summed E-state index contributed by atoms with van der Waals surface area (Å²) >= 11 is 0. The maximum Gasteiger partial charge on any atom is 0.253 e. The molecule has 0 bridgehead atoms. The summed E-state index contributed by atoms with van der Waals surface area (Å²) in [5, 5.41) is 4.54. The summed E-state index contributed by atoms with van der Waals surface area (Å²) in [4.78, 5) is 17.9. The fourth-order valence-corrected chi connectivity index (χ4v) is 5.65. The third-order valence-electron chi connectivity index (χ3n) is 7.67. The molecule has 3 heterocycles. The first-order valence-corrected chi connectivity index (χ1v) is 13.1. The van der Waals surface area contributed by atoms with Gasteiger partial charge >= 0.3 is 0 Å². The van der Waals surface area contributed by atoms with Gasteiger partial charge in [0.15, 0.2) is 0 Å². The van der Waals surface area contributed by atoms with Crippen molar-refractivity contribution in [2.45, 2.75) is 38.8 Å². The van der Waals surface area contributed by atoms with Crippen molar-refractivity contribution in [2.75, 3.05) is 20.1 Å². The first-order valence-electron chi connectivity index (χ1n) is 13.1. The number of hydrogen-bond acceptors (Lipinski definition) is 4. The minimum Gasteiger partial charge on any atom is -0.464 e. The molecule has 0 saturated carbocycles. The van der Waals surface area contributed by atoms with E-state index in [0.29, 0.717) is 12.0 Å². The van der Waals surface area contributed by atoms with Gasteiger partial charge in [-0.2, -0.15) is 5.10 Å². The van der Waals surface area contributed by atoms with E-state index in [9.17, 15) is 4.79 Å². The monoisotopic (exact) mass is 496 g/mol. The van der Waals surface area contributed by atoms with Gasteiger partial charge in [-0.05, 0) is 69.0 Å². The van der Waals surface area contributed by atoms with Gasteiger partial charge in [-0.1, -0.05) is 42.5 Å². The van der Waals surface area contributed by atoms with Crippen LogP contribution in [0.3, 0.4) is 0 Å². The van der Waals surface area contributed by atoms with Crippen LogP contribution < -0.4 is 0 Å². The molecule has 1 saturated heterocycles. The van der Waals surface area contributed by atoms with Gasteiger partial charge in [-0.25, -0.2) is 0 Å². The first-order chi connectivity index (χ1) is 18.0. The number of aryl methyl sites for hydroxylation is 2. The SMILES string of the molecule is Cc1nn(C)cc1CN(C)[C@H](Cc1ccccc1)C1CCN(C(=O)c2cccc(-c3ccco3)c2)CC1. The van der Waals surface area contributed by atoms with Crippen molar-refractivity contribution in [3.05, 3.63) is 102 Å². The van der Waals surface area contributed by atoms with Crippen LogP contribution >= 0.6 is 0 Å². The van der Waals surface area contributed by atoms with E-state index in [1.165, 1.54) is 11.1 Å². The van der Waals surface area contributed by atoms with Crippen LogP contribution in [-0.2, 0) is 20.0 Å². The molecule has 37 heavy (non-hydrogen) atoms. The van der Waals surface area contributed by atoms with Crippen molar-refractivity contribution in [1.82, 2.24) is 19.6 Å². The highest BCUT2D eigenvalue weighted by atomic mass is 16.3. The number of likely N-dealkylation sites (tertiary alicyclic amines) is 1. The van der Waals surface area contributed by atoms with Gasteiger partial charge < -0.3 is 9.32 Å². The van der Waals surface area contributed by atoms with Crippen molar-refractivity contribution in [2.24, 2.45) is 13.0 Å². The lowest BCUT2D eigenvalue weighted by Gasteiger charge is -2.40. The molecule has 4 aromatic rings. The second-order valence-corrected chi connectivity index (χ2v) is 10.3. The van der Waals surface area contributed by atoms with Crippen LogP contribution in [0.15, 0.2) is 83.6 Å². The number of piperidine rings is 1. The fourth-order valence-electron chi connectivity index (χ4n) is 5.65. The molecule has 6 heteroatoms. The van der Waals surface area contributed by atoms with Crippen molar-refractivity contribution in [3.63, 3.8) is 0 Å². The van der Waals surface area contributed by atoms with Crippen LogP contribution in [0.2, 0.25) is 0 Å². The Morgan fingerprint density at radius 2 is 1.86 bits per heavy atom. The Morgan fingerprint density at radius 3 is 2.54 bits per heavy atom.